The molecule has 2 aromatic carbocycles. The van der Waals surface area contributed by atoms with Crippen LogP contribution in [0.4, 0.5) is 13.2 Å². The van der Waals surface area contributed by atoms with Gasteiger partial charge in [0.05, 0.1) is 0 Å². The van der Waals surface area contributed by atoms with Crippen molar-refractivity contribution in [2.24, 2.45) is 5.73 Å². The fourth-order valence-corrected chi connectivity index (χ4v) is 2.37. The van der Waals surface area contributed by atoms with Gasteiger partial charge in [-0.15, -0.1) is 10.2 Å². The van der Waals surface area contributed by atoms with Crippen LogP contribution >= 0.6 is 0 Å². The van der Waals surface area contributed by atoms with E-state index < -0.39 is 23.8 Å². The zero-order valence-electron chi connectivity index (χ0n) is 13.8. The Morgan fingerprint density at radius 1 is 1.00 bits per heavy atom. The summed E-state index contributed by atoms with van der Waals surface area (Å²) in [5.41, 5.74) is 4.78. The van der Waals surface area contributed by atoms with E-state index in [4.69, 9.17) is 10.2 Å². The smallest absolute Gasteiger partial charge is 0.427 e. The number of rotatable bonds is 5. The molecule has 1 heterocycles. The van der Waals surface area contributed by atoms with Crippen LogP contribution in [0.5, 0.6) is 0 Å². The molecule has 3 aromatic rings. The quantitative estimate of drug-likeness (QED) is 0.542. The van der Waals surface area contributed by atoms with Crippen LogP contribution in [0.25, 0.3) is 11.5 Å². The van der Waals surface area contributed by atoms with E-state index in [0.29, 0.717) is 11.1 Å². The lowest BCUT2D eigenvalue weighted by Crippen LogP contribution is -2.47. The Morgan fingerprint density at radius 3 is 2.19 bits per heavy atom. The van der Waals surface area contributed by atoms with E-state index in [1.807, 2.05) is 0 Å². The highest BCUT2D eigenvalue weighted by Crippen LogP contribution is 2.30. The second-order valence-electron chi connectivity index (χ2n) is 5.72. The zero-order chi connectivity index (χ0) is 19.5. The number of nitrogens with zero attached hydrogens (tertiary/aromatic N) is 2. The van der Waals surface area contributed by atoms with Crippen LogP contribution in [-0.2, 0) is 21.7 Å². The lowest BCUT2D eigenvalue weighted by Gasteiger charge is -2.26. The van der Waals surface area contributed by atoms with Gasteiger partial charge in [-0.05, 0) is 17.7 Å². The minimum absolute atomic E-state index is 0.0385. The Balaban J connectivity index is 1.96. The SMILES string of the molecule is N[C@@](Cc1ccccc1)(OC(=O)C(F)(F)F)c1nnc(-c2ccccc2)o1. The van der Waals surface area contributed by atoms with Crippen molar-refractivity contribution in [1.29, 1.82) is 0 Å². The molecule has 0 amide bonds. The number of hydrogen-bond donors (Lipinski definition) is 1. The molecule has 140 valence electrons. The Morgan fingerprint density at radius 2 is 1.59 bits per heavy atom. The number of halogens is 3. The van der Waals surface area contributed by atoms with Crippen LogP contribution in [0.2, 0.25) is 0 Å². The molecule has 2 N–H and O–H groups in total. The van der Waals surface area contributed by atoms with Crippen LogP contribution in [0.1, 0.15) is 11.5 Å². The summed E-state index contributed by atoms with van der Waals surface area (Å²) in [6, 6.07) is 16.9. The van der Waals surface area contributed by atoms with Gasteiger partial charge >= 0.3 is 12.1 Å². The van der Waals surface area contributed by atoms with Gasteiger partial charge < -0.3 is 9.15 Å². The molecule has 1 aromatic heterocycles. The van der Waals surface area contributed by atoms with E-state index >= 15 is 0 Å². The normalized spacial score (nSPS) is 13.8. The third-order valence-electron chi connectivity index (χ3n) is 3.62. The Hall–Kier alpha value is -3.20. The summed E-state index contributed by atoms with van der Waals surface area (Å²) in [4.78, 5) is 11.4. The van der Waals surface area contributed by atoms with Crippen molar-refractivity contribution in [2.45, 2.75) is 18.3 Å². The first-order valence-corrected chi connectivity index (χ1v) is 7.80. The molecule has 0 saturated carbocycles. The molecular weight excluding hydrogens is 363 g/mol. The second kappa shape index (κ2) is 7.20. The number of ether oxygens (including phenoxy) is 1. The van der Waals surface area contributed by atoms with Crippen molar-refractivity contribution in [3.63, 3.8) is 0 Å². The predicted molar refractivity (Wildman–Crippen MR) is 87.9 cm³/mol. The Kier molecular flexibility index (Phi) is 4.95. The summed E-state index contributed by atoms with van der Waals surface area (Å²) >= 11 is 0. The molecule has 0 radical (unpaired) electrons. The molecule has 1 atom stereocenters. The molecule has 0 spiro atoms. The van der Waals surface area contributed by atoms with E-state index in [1.165, 1.54) is 0 Å². The maximum Gasteiger partial charge on any atom is 0.491 e. The van der Waals surface area contributed by atoms with Gasteiger partial charge in [-0.2, -0.15) is 13.2 Å². The van der Waals surface area contributed by atoms with Gasteiger partial charge in [0.25, 0.3) is 5.89 Å². The number of hydrogen-bond acceptors (Lipinski definition) is 6. The van der Waals surface area contributed by atoms with Gasteiger partial charge in [0.1, 0.15) is 0 Å². The Bertz CT molecular complexity index is 914. The lowest BCUT2D eigenvalue weighted by atomic mass is 10.0. The molecule has 27 heavy (non-hydrogen) atoms. The lowest BCUT2D eigenvalue weighted by molar-refractivity contribution is -0.217. The molecule has 0 saturated heterocycles. The summed E-state index contributed by atoms with van der Waals surface area (Å²) in [6.45, 7) is 0. The standard InChI is InChI=1S/C18H14F3N3O3/c19-18(20,21)16(25)27-17(22,11-12-7-3-1-4-8-12)15-24-23-14(26-15)13-9-5-2-6-10-13/h1-10H,11,22H2/t17-/m0/s1. The first kappa shape index (κ1) is 18.6. The number of carbonyl (C=O) groups is 1. The highest BCUT2D eigenvalue weighted by atomic mass is 19.4. The summed E-state index contributed by atoms with van der Waals surface area (Å²) in [7, 11) is 0. The fourth-order valence-electron chi connectivity index (χ4n) is 2.37. The highest BCUT2D eigenvalue weighted by molar-refractivity contribution is 5.76. The molecule has 3 rings (SSSR count). The molecule has 0 aliphatic carbocycles. The van der Waals surface area contributed by atoms with Crippen molar-refractivity contribution in [3.05, 3.63) is 72.1 Å². The zero-order valence-corrected chi connectivity index (χ0v) is 13.8. The third kappa shape index (κ3) is 4.32. The van der Waals surface area contributed by atoms with Crippen molar-refractivity contribution >= 4 is 5.97 Å². The van der Waals surface area contributed by atoms with Crippen LogP contribution in [0, 0.1) is 0 Å². The molecule has 0 bridgehead atoms. The summed E-state index contributed by atoms with van der Waals surface area (Å²) < 4.78 is 48.1. The van der Waals surface area contributed by atoms with Crippen molar-refractivity contribution in [2.75, 3.05) is 0 Å². The van der Waals surface area contributed by atoms with Crippen molar-refractivity contribution < 1.29 is 27.1 Å². The van der Waals surface area contributed by atoms with Gasteiger partial charge in [-0.1, -0.05) is 48.5 Å². The predicted octanol–water partition coefficient (Wildman–Crippen LogP) is 3.20. The molecular formula is C18H14F3N3O3. The first-order valence-electron chi connectivity index (χ1n) is 7.80. The van der Waals surface area contributed by atoms with Crippen LogP contribution < -0.4 is 5.73 Å². The van der Waals surface area contributed by atoms with E-state index in [2.05, 4.69) is 14.9 Å². The maximum absolute atomic E-state index is 12.7. The number of benzene rings is 2. The van der Waals surface area contributed by atoms with Gasteiger partial charge in [0.15, 0.2) is 0 Å². The molecule has 0 aliphatic rings. The molecule has 6 nitrogen and oxygen atoms in total. The molecule has 9 heteroatoms. The van der Waals surface area contributed by atoms with Crippen molar-refractivity contribution in [3.8, 4) is 11.5 Å². The van der Waals surface area contributed by atoms with E-state index in [-0.39, 0.29) is 12.3 Å². The topological polar surface area (TPSA) is 91.2 Å². The van der Waals surface area contributed by atoms with E-state index in [0.717, 1.165) is 0 Å². The fraction of sp³-hybridized carbons (Fsp3) is 0.167. The minimum Gasteiger partial charge on any atom is -0.427 e. The number of esters is 1. The average molecular weight is 377 g/mol. The van der Waals surface area contributed by atoms with Gasteiger partial charge in [0.2, 0.25) is 11.6 Å². The maximum atomic E-state index is 12.7. The monoisotopic (exact) mass is 377 g/mol. The molecule has 0 aliphatic heterocycles. The first-order chi connectivity index (χ1) is 12.8. The van der Waals surface area contributed by atoms with Gasteiger partial charge in [-0.3, -0.25) is 5.73 Å². The van der Waals surface area contributed by atoms with Crippen LogP contribution in [0.3, 0.4) is 0 Å². The summed E-state index contributed by atoms with van der Waals surface area (Å²) in [6.07, 6.45) is -5.50. The molecule has 0 unspecified atom stereocenters. The van der Waals surface area contributed by atoms with Crippen LogP contribution in [-0.4, -0.2) is 22.3 Å². The number of nitrogens with two attached hydrogens (primary N) is 1. The van der Waals surface area contributed by atoms with E-state index in [9.17, 15) is 18.0 Å². The van der Waals surface area contributed by atoms with Crippen LogP contribution in [0.15, 0.2) is 65.1 Å². The third-order valence-corrected chi connectivity index (χ3v) is 3.62. The minimum atomic E-state index is -5.22. The number of alkyl halides is 3. The van der Waals surface area contributed by atoms with Gasteiger partial charge in [0, 0.05) is 12.0 Å². The summed E-state index contributed by atoms with van der Waals surface area (Å²) in [5, 5.41) is 7.50. The highest BCUT2D eigenvalue weighted by Gasteiger charge is 2.48. The second-order valence-corrected chi connectivity index (χ2v) is 5.72. The molecule has 0 fully saturated rings. The van der Waals surface area contributed by atoms with Gasteiger partial charge in [-0.25, -0.2) is 4.79 Å². The van der Waals surface area contributed by atoms with Crippen molar-refractivity contribution in [1.82, 2.24) is 10.2 Å². The Labute approximate surface area is 151 Å². The largest absolute Gasteiger partial charge is 0.491 e. The number of carbonyl (C=O) groups excluding carboxylic acids is 1. The summed E-state index contributed by atoms with van der Waals surface area (Å²) in [5.74, 6) is -2.85. The number of aromatic nitrogens is 2. The van der Waals surface area contributed by atoms with E-state index in [1.54, 1.807) is 60.7 Å². The average Bonchev–Trinajstić information content (AvgIpc) is 3.13.